The highest BCUT2D eigenvalue weighted by atomic mass is 79.9. The predicted octanol–water partition coefficient (Wildman–Crippen LogP) is 2.24. The highest BCUT2D eigenvalue weighted by Gasteiger charge is 2.77. The number of unbranched alkanes of at least 4 members (excludes halogenated alkanes) is 1. The molecule has 35 heavy (non-hydrogen) atoms. The van der Waals surface area contributed by atoms with E-state index in [0.717, 1.165) is 18.4 Å². The molecule has 1 aromatic carbocycles. The van der Waals surface area contributed by atoms with Crippen LogP contribution in [0.25, 0.3) is 0 Å². The Bertz CT molecular complexity index is 974. The Kier molecular flexibility index (Phi) is 7.68. The molecule has 7 atom stereocenters. The first-order valence-corrected chi connectivity index (χ1v) is 13.1. The highest BCUT2D eigenvalue weighted by Crippen LogP contribution is 2.60. The second-order valence-electron chi connectivity index (χ2n) is 9.70. The molecule has 2 bridgehead atoms. The van der Waals surface area contributed by atoms with Gasteiger partial charge in [0.05, 0.1) is 30.6 Å². The van der Waals surface area contributed by atoms with Crippen molar-refractivity contribution in [2.45, 2.75) is 61.2 Å². The fourth-order valence-corrected chi connectivity index (χ4v) is 7.07. The quantitative estimate of drug-likeness (QED) is 0.324. The summed E-state index contributed by atoms with van der Waals surface area (Å²) in [4.78, 5) is 43.2. The minimum atomic E-state index is -1.26. The van der Waals surface area contributed by atoms with E-state index >= 15 is 0 Å². The van der Waals surface area contributed by atoms with E-state index in [4.69, 9.17) is 4.74 Å². The standard InChI is InChI=1S/C26H33BrN2O6/c1-3-5-12-28(11-4-2)24(32)22-26-14-18(27)21(35-26)19(25(33)34)20(26)23(31)29(22)17(15-30)13-16-9-7-6-8-10-16/h4,6-10,17-22,30H,2-3,5,11-15H2,1H3,(H,33,34)/t17-,18?,19+,20-,21+,22+,26-/m1/s1. The van der Waals surface area contributed by atoms with Crippen molar-refractivity contribution in [2.75, 3.05) is 19.7 Å². The number of carbonyl (C=O) groups excluding carboxylic acids is 2. The molecule has 0 aromatic heterocycles. The number of aliphatic hydroxyl groups is 1. The number of hydrogen-bond acceptors (Lipinski definition) is 5. The summed E-state index contributed by atoms with van der Waals surface area (Å²) < 4.78 is 6.34. The van der Waals surface area contributed by atoms with Gasteiger partial charge in [-0.1, -0.05) is 65.7 Å². The second-order valence-corrected chi connectivity index (χ2v) is 10.9. The lowest BCUT2D eigenvalue weighted by Crippen LogP contribution is -2.59. The van der Waals surface area contributed by atoms with Crippen LogP contribution in [0.5, 0.6) is 0 Å². The van der Waals surface area contributed by atoms with E-state index in [1.165, 1.54) is 4.90 Å². The summed E-state index contributed by atoms with van der Waals surface area (Å²) in [6, 6.07) is 7.73. The van der Waals surface area contributed by atoms with Gasteiger partial charge in [-0.25, -0.2) is 0 Å². The zero-order valence-corrected chi connectivity index (χ0v) is 21.5. The molecule has 3 heterocycles. The molecule has 8 nitrogen and oxygen atoms in total. The average Bonchev–Trinajstić information content (AvgIpc) is 3.44. The smallest absolute Gasteiger partial charge is 0.310 e. The molecule has 1 aromatic rings. The molecular weight excluding hydrogens is 516 g/mol. The number of rotatable bonds is 11. The summed E-state index contributed by atoms with van der Waals surface area (Å²) in [6.45, 7) is 6.27. The van der Waals surface area contributed by atoms with Gasteiger partial charge in [0.15, 0.2) is 0 Å². The Hall–Kier alpha value is -2.23. The van der Waals surface area contributed by atoms with Crippen LogP contribution in [0, 0.1) is 11.8 Å². The number of benzene rings is 1. The van der Waals surface area contributed by atoms with Gasteiger partial charge in [-0.05, 0) is 24.8 Å². The lowest BCUT2D eigenvalue weighted by atomic mass is 9.70. The van der Waals surface area contributed by atoms with E-state index in [2.05, 4.69) is 22.5 Å². The summed E-state index contributed by atoms with van der Waals surface area (Å²) in [5, 5.41) is 20.4. The van der Waals surface area contributed by atoms with Gasteiger partial charge in [-0.15, -0.1) is 6.58 Å². The summed E-state index contributed by atoms with van der Waals surface area (Å²) in [5.74, 6) is -3.85. The van der Waals surface area contributed by atoms with Crippen LogP contribution in [0.1, 0.15) is 31.7 Å². The molecule has 3 saturated heterocycles. The van der Waals surface area contributed by atoms with Crippen LogP contribution in [0.3, 0.4) is 0 Å². The molecule has 0 saturated carbocycles. The third-order valence-corrected chi connectivity index (χ3v) is 8.45. The van der Waals surface area contributed by atoms with E-state index in [-0.39, 0.29) is 17.3 Å². The van der Waals surface area contributed by atoms with Gasteiger partial charge in [-0.2, -0.15) is 0 Å². The third kappa shape index (κ3) is 4.32. The first kappa shape index (κ1) is 25.9. The molecule has 0 aliphatic carbocycles. The monoisotopic (exact) mass is 548 g/mol. The number of carboxylic acids is 1. The number of amides is 2. The maximum atomic E-state index is 14.1. The maximum absolute atomic E-state index is 14.1. The van der Waals surface area contributed by atoms with E-state index < -0.39 is 47.5 Å². The van der Waals surface area contributed by atoms with Crippen LogP contribution in [-0.4, -0.2) is 86.1 Å². The maximum Gasteiger partial charge on any atom is 0.310 e. The number of halogens is 1. The second kappa shape index (κ2) is 10.4. The van der Waals surface area contributed by atoms with Crippen LogP contribution < -0.4 is 0 Å². The van der Waals surface area contributed by atoms with Crippen molar-refractivity contribution in [2.24, 2.45) is 11.8 Å². The Labute approximate surface area is 214 Å². The lowest BCUT2D eigenvalue weighted by Gasteiger charge is -2.39. The van der Waals surface area contributed by atoms with Crippen molar-refractivity contribution >= 4 is 33.7 Å². The van der Waals surface area contributed by atoms with Crippen LogP contribution in [0.4, 0.5) is 0 Å². The molecule has 0 radical (unpaired) electrons. The Morgan fingerprint density at radius 2 is 2.09 bits per heavy atom. The minimum Gasteiger partial charge on any atom is -0.481 e. The van der Waals surface area contributed by atoms with Crippen molar-refractivity contribution in [3.63, 3.8) is 0 Å². The first-order chi connectivity index (χ1) is 16.8. The van der Waals surface area contributed by atoms with E-state index in [9.17, 15) is 24.6 Å². The molecule has 190 valence electrons. The topological polar surface area (TPSA) is 107 Å². The van der Waals surface area contributed by atoms with Crippen LogP contribution in [0.15, 0.2) is 43.0 Å². The molecule has 3 aliphatic rings. The first-order valence-electron chi connectivity index (χ1n) is 12.2. The Morgan fingerprint density at radius 1 is 1.37 bits per heavy atom. The summed E-state index contributed by atoms with van der Waals surface area (Å²) in [6.07, 6.45) is 3.32. The number of aliphatic hydroxyl groups excluding tert-OH is 1. The molecule has 1 unspecified atom stereocenters. The fraction of sp³-hybridized carbons (Fsp3) is 0.577. The number of alkyl halides is 1. The van der Waals surface area contributed by atoms with E-state index in [1.54, 1.807) is 11.0 Å². The van der Waals surface area contributed by atoms with Crippen LogP contribution >= 0.6 is 15.9 Å². The van der Waals surface area contributed by atoms with Gasteiger partial charge in [-0.3, -0.25) is 14.4 Å². The SMILES string of the molecule is C=CCN(CCCC)C(=O)[C@@H]1N([C@@H](CO)Cc2ccccc2)C(=O)[C@H]2[C@H](C(=O)O)[C@H]3O[C@@]12CC3Br. The molecule has 2 N–H and O–H groups in total. The molecule has 3 fully saturated rings. The van der Waals surface area contributed by atoms with Crippen LogP contribution in [-0.2, 0) is 25.5 Å². The number of carbonyl (C=O) groups is 3. The normalized spacial score (nSPS) is 31.9. The van der Waals surface area contributed by atoms with Gasteiger partial charge in [0.2, 0.25) is 11.8 Å². The van der Waals surface area contributed by atoms with Crippen LogP contribution in [0.2, 0.25) is 0 Å². The third-order valence-electron chi connectivity index (χ3n) is 7.61. The van der Waals surface area contributed by atoms with Gasteiger partial charge in [0.25, 0.3) is 0 Å². The minimum absolute atomic E-state index is 0.284. The molecule has 1 spiro atoms. The number of likely N-dealkylation sites (tertiary alicyclic amines) is 1. The average molecular weight is 549 g/mol. The largest absolute Gasteiger partial charge is 0.481 e. The number of ether oxygens (including phenoxy) is 1. The summed E-state index contributed by atoms with van der Waals surface area (Å²) in [5.41, 5.74) is -0.348. The molecule has 3 aliphatic heterocycles. The number of aliphatic carboxylic acids is 1. The summed E-state index contributed by atoms with van der Waals surface area (Å²) >= 11 is 3.56. The van der Waals surface area contributed by atoms with Gasteiger partial charge in [0.1, 0.15) is 11.6 Å². The van der Waals surface area contributed by atoms with Crippen molar-refractivity contribution in [3.8, 4) is 0 Å². The molecule has 9 heteroatoms. The zero-order chi connectivity index (χ0) is 25.3. The van der Waals surface area contributed by atoms with E-state index in [0.29, 0.717) is 25.9 Å². The Morgan fingerprint density at radius 3 is 2.69 bits per heavy atom. The van der Waals surface area contributed by atoms with Gasteiger partial charge < -0.3 is 24.7 Å². The van der Waals surface area contributed by atoms with Crippen molar-refractivity contribution in [1.29, 1.82) is 0 Å². The number of nitrogens with zero attached hydrogens (tertiary/aromatic N) is 2. The summed E-state index contributed by atoms with van der Waals surface area (Å²) in [7, 11) is 0. The van der Waals surface area contributed by atoms with Crippen molar-refractivity contribution in [3.05, 3.63) is 48.6 Å². The molecule has 4 rings (SSSR count). The Balaban J connectivity index is 1.79. The number of hydrogen-bond donors (Lipinski definition) is 2. The predicted molar refractivity (Wildman–Crippen MR) is 133 cm³/mol. The van der Waals surface area contributed by atoms with E-state index in [1.807, 2.05) is 37.3 Å². The number of carboxylic acid groups (broad SMARTS) is 1. The number of fused-ring (bicyclic) bond motifs is 1. The molecule has 2 amide bonds. The molecular formula is C26H33BrN2O6. The van der Waals surface area contributed by atoms with Crippen molar-refractivity contribution in [1.82, 2.24) is 9.80 Å². The highest BCUT2D eigenvalue weighted by molar-refractivity contribution is 9.09. The van der Waals surface area contributed by atoms with Crippen molar-refractivity contribution < 1.29 is 29.3 Å². The van der Waals surface area contributed by atoms with Gasteiger partial charge in [0, 0.05) is 17.9 Å². The zero-order valence-electron chi connectivity index (χ0n) is 19.9. The fourth-order valence-electron chi connectivity index (χ4n) is 6.13. The van der Waals surface area contributed by atoms with Gasteiger partial charge >= 0.3 is 5.97 Å². The lowest BCUT2D eigenvalue weighted by molar-refractivity contribution is -0.153.